The van der Waals surface area contributed by atoms with Crippen molar-refractivity contribution in [3.05, 3.63) is 12.7 Å². The molecular weight excluding hydrogens is 166 g/mol. The van der Waals surface area contributed by atoms with Crippen LogP contribution in [-0.2, 0) is 9.53 Å². The van der Waals surface area contributed by atoms with Crippen molar-refractivity contribution in [1.82, 2.24) is 4.90 Å². The molecule has 1 rings (SSSR count). The van der Waals surface area contributed by atoms with Gasteiger partial charge in [-0.05, 0) is 12.5 Å². The molecule has 1 atom stereocenters. The maximum atomic E-state index is 11.3. The van der Waals surface area contributed by atoms with Crippen LogP contribution in [0.3, 0.4) is 0 Å². The maximum Gasteiger partial charge on any atom is 0.245 e. The zero-order chi connectivity index (χ0) is 9.90. The molecule has 1 aliphatic heterocycles. The van der Waals surface area contributed by atoms with E-state index in [4.69, 9.17) is 4.74 Å². The van der Waals surface area contributed by atoms with Gasteiger partial charge in [0.05, 0.1) is 6.61 Å². The molecule has 74 valence electrons. The summed E-state index contributed by atoms with van der Waals surface area (Å²) in [6, 6.07) is 0. The second-order valence-corrected chi connectivity index (χ2v) is 3.96. The van der Waals surface area contributed by atoms with Gasteiger partial charge in [0.2, 0.25) is 5.91 Å². The Kier molecular flexibility index (Phi) is 3.09. The number of likely N-dealkylation sites (tertiary alicyclic amines) is 1. The van der Waals surface area contributed by atoms with Gasteiger partial charge in [0.15, 0.2) is 0 Å². The molecule has 0 aromatic rings. The van der Waals surface area contributed by atoms with Crippen molar-refractivity contribution >= 4 is 5.91 Å². The summed E-state index contributed by atoms with van der Waals surface area (Å²) in [5.41, 5.74) is 0.132. The van der Waals surface area contributed by atoms with Gasteiger partial charge in [0.25, 0.3) is 0 Å². The Bertz CT molecular complexity index is 215. The summed E-state index contributed by atoms with van der Waals surface area (Å²) >= 11 is 0. The van der Waals surface area contributed by atoms with Crippen LogP contribution in [0.15, 0.2) is 12.7 Å². The van der Waals surface area contributed by atoms with E-state index in [0.717, 1.165) is 19.5 Å². The molecule has 0 spiro atoms. The molecule has 1 saturated heterocycles. The summed E-state index contributed by atoms with van der Waals surface area (Å²) in [6.07, 6.45) is 2.39. The summed E-state index contributed by atoms with van der Waals surface area (Å²) in [7, 11) is 1.70. The number of nitrogens with zero attached hydrogens (tertiary/aromatic N) is 1. The standard InChI is InChI=1S/C10H17NO2/c1-4-9(12)11-6-5-10(2,7-11)8-13-3/h4H,1,5-8H2,2-3H3. The molecule has 0 N–H and O–H groups in total. The fourth-order valence-electron chi connectivity index (χ4n) is 1.81. The topological polar surface area (TPSA) is 29.5 Å². The van der Waals surface area contributed by atoms with Crippen LogP contribution in [0.4, 0.5) is 0 Å². The molecule has 0 radical (unpaired) electrons. The number of carbonyl (C=O) groups is 1. The van der Waals surface area contributed by atoms with Gasteiger partial charge in [0, 0.05) is 25.6 Å². The van der Waals surface area contributed by atoms with Crippen LogP contribution in [0.1, 0.15) is 13.3 Å². The Morgan fingerprint density at radius 1 is 1.77 bits per heavy atom. The van der Waals surface area contributed by atoms with E-state index in [1.807, 2.05) is 4.90 Å². The number of carbonyl (C=O) groups excluding carboxylic acids is 1. The molecule has 0 aliphatic carbocycles. The minimum atomic E-state index is 0.0276. The van der Waals surface area contributed by atoms with E-state index in [1.165, 1.54) is 6.08 Å². The zero-order valence-corrected chi connectivity index (χ0v) is 8.38. The van der Waals surface area contributed by atoms with E-state index in [-0.39, 0.29) is 11.3 Å². The minimum Gasteiger partial charge on any atom is -0.384 e. The van der Waals surface area contributed by atoms with Crippen molar-refractivity contribution in [2.24, 2.45) is 5.41 Å². The second kappa shape index (κ2) is 3.92. The Morgan fingerprint density at radius 3 is 3.00 bits per heavy atom. The van der Waals surface area contributed by atoms with E-state index in [0.29, 0.717) is 6.61 Å². The first-order valence-electron chi connectivity index (χ1n) is 4.51. The number of amides is 1. The van der Waals surface area contributed by atoms with Crippen molar-refractivity contribution in [2.75, 3.05) is 26.8 Å². The SMILES string of the molecule is C=CC(=O)N1CCC(C)(COC)C1. The number of hydrogen-bond acceptors (Lipinski definition) is 2. The maximum absolute atomic E-state index is 11.3. The highest BCUT2D eigenvalue weighted by Crippen LogP contribution is 2.29. The van der Waals surface area contributed by atoms with Crippen LogP contribution < -0.4 is 0 Å². The first kappa shape index (κ1) is 10.3. The van der Waals surface area contributed by atoms with Crippen LogP contribution in [0.2, 0.25) is 0 Å². The van der Waals surface area contributed by atoms with Gasteiger partial charge in [0.1, 0.15) is 0 Å². The van der Waals surface area contributed by atoms with Crippen LogP contribution in [0, 0.1) is 5.41 Å². The number of rotatable bonds is 3. The molecule has 0 aromatic carbocycles. The summed E-state index contributed by atoms with van der Waals surface area (Å²) < 4.78 is 5.13. The highest BCUT2D eigenvalue weighted by atomic mass is 16.5. The fraction of sp³-hybridized carbons (Fsp3) is 0.700. The lowest BCUT2D eigenvalue weighted by molar-refractivity contribution is -0.125. The monoisotopic (exact) mass is 183 g/mol. The molecular formula is C10H17NO2. The van der Waals surface area contributed by atoms with E-state index >= 15 is 0 Å². The molecule has 1 amide bonds. The highest BCUT2D eigenvalue weighted by molar-refractivity contribution is 5.87. The molecule has 0 aromatic heterocycles. The van der Waals surface area contributed by atoms with E-state index in [1.54, 1.807) is 7.11 Å². The van der Waals surface area contributed by atoms with E-state index in [2.05, 4.69) is 13.5 Å². The van der Waals surface area contributed by atoms with Crippen molar-refractivity contribution in [3.8, 4) is 0 Å². The largest absolute Gasteiger partial charge is 0.384 e. The first-order valence-corrected chi connectivity index (χ1v) is 4.51. The smallest absolute Gasteiger partial charge is 0.245 e. The summed E-state index contributed by atoms with van der Waals surface area (Å²) in [5, 5.41) is 0. The van der Waals surface area contributed by atoms with Crippen molar-refractivity contribution in [3.63, 3.8) is 0 Å². The minimum absolute atomic E-state index is 0.0276. The molecule has 3 nitrogen and oxygen atoms in total. The molecule has 0 saturated carbocycles. The average Bonchev–Trinajstić information content (AvgIpc) is 2.47. The van der Waals surface area contributed by atoms with Crippen LogP contribution in [0.25, 0.3) is 0 Å². The van der Waals surface area contributed by atoms with Crippen molar-refractivity contribution < 1.29 is 9.53 Å². The Labute approximate surface area is 79.4 Å². The van der Waals surface area contributed by atoms with Gasteiger partial charge in [-0.2, -0.15) is 0 Å². The third kappa shape index (κ3) is 2.31. The quantitative estimate of drug-likeness (QED) is 0.612. The van der Waals surface area contributed by atoms with Crippen molar-refractivity contribution in [1.29, 1.82) is 0 Å². The molecule has 1 fully saturated rings. The Balaban J connectivity index is 2.52. The van der Waals surface area contributed by atoms with Crippen LogP contribution >= 0.6 is 0 Å². The third-order valence-corrected chi connectivity index (χ3v) is 2.54. The zero-order valence-electron chi connectivity index (χ0n) is 8.38. The first-order chi connectivity index (χ1) is 6.11. The second-order valence-electron chi connectivity index (χ2n) is 3.96. The molecule has 1 aliphatic rings. The molecule has 3 heteroatoms. The molecule has 1 heterocycles. The predicted octanol–water partition coefficient (Wildman–Crippen LogP) is 1.06. The van der Waals surface area contributed by atoms with Crippen LogP contribution in [-0.4, -0.2) is 37.6 Å². The molecule has 13 heavy (non-hydrogen) atoms. The van der Waals surface area contributed by atoms with E-state index in [9.17, 15) is 4.79 Å². The van der Waals surface area contributed by atoms with Gasteiger partial charge in [-0.1, -0.05) is 13.5 Å². The van der Waals surface area contributed by atoms with Gasteiger partial charge < -0.3 is 9.64 Å². The molecule has 0 bridgehead atoms. The van der Waals surface area contributed by atoms with Gasteiger partial charge in [-0.25, -0.2) is 0 Å². The highest BCUT2D eigenvalue weighted by Gasteiger charge is 2.35. The summed E-state index contributed by atoms with van der Waals surface area (Å²) in [4.78, 5) is 13.1. The normalized spacial score (nSPS) is 27.7. The fourth-order valence-corrected chi connectivity index (χ4v) is 1.81. The van der Waals surface area contributed by atoms with Gasteiger partial charge in [-0.3, -0.25) is 4.79 Å². The number of methoxy groups -OCH3 is 1. The third-order valence-electron chi connectivity index (χ3n) is 2.54. The molecule has 1 unspecified atom stereocenters. The average molecular weight is 183 g/mol. The number of ether oxygens (including phenoxy) is 1. The van der Waals surface area contributed by atoms with E-state index < -0.39 is 0 Å². The predicted molar refractivity (Wildman–Crippen MR) is 51.4 cm³/mol. The van der Waals surface area contributed by atoms with Gasteiger partial charge >= 0.3 is 0 Å². The van der Waals surface area contributed by atoms with Crippen molar-refractivity contribution in [2.45, 2.75) is 13.3 Å². The lowest BCUT2D eigenvalue weighted by Gasteiger charge is -2.22. The lowest BCUT2D eigenvalue weighted by atomic mass is 9.91. The Hall–Kier alpha value is -0.830. The Morgan fingerprint density at radius 2 is 2.46 bits per heavy atom. The van der Waals surface area contributed by atoms with Crippen LogP contribution in [0.5, 0.6) is 0 Å². The summed E-state index contributed by atoms with van der Waals surface area (Å²) in [5.74, 6) is 0.0276. The number of hydrogen-bond donors (Lipinski definition) is 0. The summed E-state index contributed by atoms with van der Waals surface area (Å²) in [6.45, 7) is 7.95. The lowest BCUT2D eigenvalue weighted by Crippen LogP contribution is -2.31. The van der Waals surface area contributed by atoms with Gasteiger partial charge in [-0.15, -0.1) is 0 Å².